The number of ether oxygens (including phenoxy) is 1. The van der Waals surface area contributed by atoms with Crippen LogP contribution in [-0.4, -0.2) is 31.0 Å². The minimum absolute atomic E-state index is 0.0401. The topological polar surface area (TPSA) is 58.6 Å². The Kier molecular flexibility index (Phi) is 3.43. The highest BCUT2D eigenvalue weighted by Crippen LogP contribution is 2.42. The van der Waals surface area contributed by atoms with Gasteiger partial charge in [-0.25, -0.2) is 0 Å². The summed E-state index contributed by atoms with van der Waals surface area (Å²) < 4.78 is 5.95. The fourth-order valence-electron chi connectivity index (χ4n) is 2.85. The first-order valence-corrected chi connectivity index (χ1v) is 7.71. The molecule has 0 radical (unpaired) electrons. The molecule has 1 heterocycles. The number of methoxy groups -OCH3 is 1. The second-order valence-corrected chi connectivity index (χ2v) is 6.59. The van der Waals surface area contributed by atoms with Gasteiger partial charge in [0.25, 0.3) is 5.91 Å². The minimum Gasteiger partial charge on any atom is -0.496 e. The normalized spacial score (nSPS) is 25.8. The largest absolute Gasteiger partial charge is 0.496 e. The van der Waals surface area contributed by atoms with Gasteiger partial charge >= 0.3 is 0 Å². The van der Waals surface area contributed by atoms with E-state index in [4.69, 9.17) is 4.74 Å². The predicted octanol–water partition coefficient (Wildman–Crippen LogP) is 2.09. The predicted molar refractivity (Wildman–Crippen MR) is 82.3 cm³/mol. The Bertz CT molecular complexity index is 615. The van der Waals surface area contributed by atoms with E-state index in [2.05, 4.69) is 21.2 Å². The molecule has 1 saturated carbocycles. The maximum absolute atomic E-state index is 12.8. The Labute approximate surface area is 131 Å². The second kappa shape index (κ2) is 5.02. The summed E-state index contributed by atoms with van der Waals surface area (Å²) in [5.74, 6) is 0.786. The molecule has 1 aromatic rings. The number of nitrogens with zero attached hydrogens (tertiary/aromatic N) is 1. The number of rotatable bonds is 3. The van der Waals surface area contributed by atoms with Gasteiger partial charge in [0.1, 0.15) is 17.8 Å². The average Bonchev–Trinajstić information content (AvgIpc) is 3.27. The van der Waals surface area contributed by atoms with Crippen molar-refractivity contribution in [2.24, 2.45) is 5.92 Å². The molecule has 21 heavy (non-hydrogen) atoms. The first kappa shape index (κ1) is 14.4. The van der Waals surface area contributed by atoms with Gasteiger partial charge in [0.05, 0.1) is 11.6 Å². The van der Waals surface area contributed by atoms with Gasteiger partial charge in [0.15, 0.2) is 0 Å². The van der Waals surface area contributed by atoms with Crippen LogP contribution in [0.1, 0.15) is 19.8 Å². The number of halogens is 1. The van der Waals surface area contributed by atoms with Crippen molar-refractivity contribution >= 4 is 33.4 Å². The van der Waals surface area contributed by atoms with E-state index in [1.165, 1.54) is 0 Å². The molecule has 0 spiro atoms. The summed E-state index contributed by atoms with van der Waals surface area (Å²) in [6.45, 7) is 1.88. The molecule has 2 fully saturated rings. The summed E-state index contributed by atoms with van der Waals surface area (Å²) in [5, 5.41) is 2.87. The molecule has 2 amide bonds. The number of piperazine rings is 1. The third-order valence-electron chi connectivity index (χ3n) is 4.23. The van der Waals surface area contributed by atoms with E-state index in [0.29, 0.717) is 11.4 Å². The molecular weight excluding hydrogens is 336 g/mol. The van der Waals surface area contributed by atoms with E-state index < -0.39 is 5.54 Å². The molecule has 0 aromatic heterocycles. The van der Waals surface area contributed by atoms with E-state index in [1.807, 2.05) is 13.0 Å². The molecular formula is C15H17BrN2O3. The molecule has 112 valence electrons. The number of benzene rings is 1. The van der Waals surface area contributed by atoms with Crippen LogP contribution in [0.25, 0.3) is 0 Å². The van der Waals surface area contributed by atoms with Crippen molar-refractivity contribution < 1.29 is 14.3 Å². The Morgan fingerprint density at radius 3 is 2.67 bits per heavy atom. The SMILES string of the molecule is COc1ccc(N2CC(=O)NC(C)(C3CC3)C2=O)cc1Br. The van der Waals surface area contributed by atoms with Crippen LogP contribution in [0.5, 0.6) is 5.75 Å². The van der Waals surface area contributed by atoms with Crippen LogP contribution in [0.15, 0.2) is 22.7 Å². The van der Waals surface area contributed by atoms with Crippen molar-refractivity contribution in [3.63, 3.8) is 0 Å². The number of hydrogen-bond donors (Lipinski definition) is 1. The molecule has 1 aliphatic heterocycles. The summed E-state index contributed by atoms with van der Waals surface area (Å²) >= 11 is 3.42. The van der Waals surface area contributed by atoms with Crippen molar-refractivity contribution in [2.45, 2.75) is 25.3 Å². The Morgan fingerprint density at radius 2 is 2.10 bits per heavy atom. The van der Waals surface area contributed by atoms with E-state index in [9.17, 15) is 9.59 Å². The number of carbonyl (C=O) groups excluding carboxylic acids is 2. The lowest BCUT2D eigenvalue weighted by Crippen LogP contribution is -2.66. The maximum Gasteiger partial charge on any atom is 0.253 e. The van der Waals surface area contributed by atoms with Gasteiger partial charge in [-0.05, 0) is 59.8 Å². The smallest absolute Gasteiger partial charge is 0.253 e. The zero-order valence-electron chi connectivity index (χ0n) is 12.0. The number of amides is 2. The van der Waals surface area contributed by atoms with Gasteiger partial charge in [-0.1, -0.05) is 0 Å². The molecule has 1 saturated heterocycles. The fraction of sp³-hybridized carbons (Fsp3) is 0.467. The molecule has 1 atom stereocenters. The van der Waals surface area contributed by atoms with E-state index in [0.717, 1.165) is 17.3 Å². The minimum atomic E-state index is -0.776. The lowest BCUT2D eigenvalue weighted by atomic mass is 9.91. The molecule has 2 aliphatic rings. The third kappa shape index (κ3) is 2.41. The zero-order valence-corrected chi connectivity index (χ0v) is 13.6. The zero-order chi connectivity index (χ0) is 15.2. The Balaban J connectivity index is 1.95. The number of carbonyl (C=O) groups is 2. The number of anilines is 1. The van der Waals surface area contributed by atoms with Crippen molar-refractivity contribution in [3.8, 4) is 5.75 Å². The highest BCUT2D eigenvalue weighted by Gasteiger charge is 2.52. The number of nitrogens with one attached hydrogen (secondary N) is 1. The van der Waals surface area contributed by atoms with Crippen LogP contribution in [0.3, 0.4) is 0 Å². The summed E-state index contributed by atoms with van der Waals surface area (Å²) in [5.41, 5.74) is -0.0729. The van der Waals surface area contributed by atoms with Crippen LogP contribution in [0.4, 0.5) is 5.69 Å². The quantitative estimate of drug-likeness (QED) is 0.905. The van der Waals surface area contributed by atoms with E-state index in [1.54, 1.807) is 24.1 Å². The molecule has 3 rings (SSSR count). The molecule has 1 N–H and O–H groups in total. The first-order valence-electron chi connectivity index (χ1n) is 6.92. The fourth-order valence-corrected chi connectivity index (χ4v) is 3.38. The van der Waals surface area contributed by atoms with Crippen LogP contribution >= 0.6 is 15.9 Å². The number of hydrogen-bond acceptors (Lipinski definition) is 3. The third-order valence-corrected chi connectivity index (χ3v) is 4.85. The Morgan fingerprint density at radius 1 is 1.38 bits per heavy atom. The van der Waals surface area contributed by atoms with Crippen molar-refractivity contribution in [1.29, 1.82) is 0 Å². The Hall–Kier alpha value is -1.56. The molecule has 1 aromatic carbocycles. The summed E-state index contributed by atoms with van der Waals surface area (Å²) in [7, 11) is 1.59. The highest BCUT2D eigenvalue weighted by molar-refractivity contribution is 9.10. The average molecular weight is 353 g/mol. The molecule has 0 bridgehead atoms. The first-order chi connectivity index (χ1) is 9.95. The van der Waals surface area contributed by atoms with Crippen molar-refractivity contribution in [2.75, 3.05) is 18.6 Å². The van der Waals surface area contributed by atoms with Crippen molar-refractivity contribution in [3.05, 3.63) is 22.7 Å². The van der Waals surface area contributed by atoms with E-state index in [-0.39, 0.29) is 24.3 Å². The van der Waals surface area contributed by atoms with Gasteiger partial charge in [-0.15, -0.1) is 0 Å². The highest BCUT2D eigenvalue weighted by atomic mass is 79.9. The summed E-state index contributed by atoms with van der Waals surface area (Å²) in [6.07, 6.45) is 1.98. The lowest BCUT2D eigenvalue weighted by Gasteiger charge is -2.40. The van der Waals surface area contributed by atoms with Crippen LogP contribution in [0, 0.1) is 5.92 Å². The van der Waals surface area contributed by atoms with Crippen LogP contribution in [-0.2, 0) is 9.59 Å². The van der Waals surface area contributed by atoms with Crippen LogP contribution in [0.2, 0.25) is 0 Å². The van der Waals surface area contributed by atoms with E-state index >= 15 is 0 Å². The van der Waals surface area contributed by atoms with Gasteiger partial charge in [0, 0.05) is 5.69 Å². The van der Waals surface area contributed by atoms with Gasteiger partial charge in [-0.3, -0.25) is 9.59 Å². The van der Waals surface area contributed by atoms with Crippen LogP contribution < -0.4 is 15.0 Å². The molecule has 1 unspecified atom stereocenters. The van der Waals surface area contributed by atoms with Gasteiger partial charge in [-0.2, -0.15) is 0 Å². The standard InChI is InChI=1S/C15H17BrN2O3/c1-15(9-3-4-9)14(20)18(8-13(19)17-15)10-5-6-12(21-2)11(16)7-10/h5-7,9H,3-4,8H2,1-2H3,(H,17,19). The van der Waals surface area contributed by atoms with Gasteiger partial charge in [0.2, 0.25) is 5.91 Å². The summed E-state index contributed by atoms with van der Waals surface area (Å²) in [4.78, 5) is 26.4. The monoisotopic (exact) mass is 352 g/mol. The van der Waals surface area contributed by atoms with Gasteiger partial charge < -0.3 is 15.0 Å². The summed E-state index contributed by atoms with van der Waals surface area (Å²) in [6, 6.07) is 5.39. The maximum atomic E-state index is 12.8. The molecule has 5 nitrogen and oxygen atoms in total. The molecule has 1 aliphatic carbocycles. The lowest BCUT2D eigenvalue weighted by molar-refractivity contribution is -0.136. The molecule has 6 heteroatoms. The second-order valence-electron chi connectivity index (χ2n) is 5.73. The van der Waals surface area contributed by atoms with Crippen molar-refractivity contribution in [1.82, 2.24) is 5.32 Å².